The van der Waals surface area contributed by atoms with Gasteiger partial charge in [0.1, 0.15) is 5.41 Å². The second-order valence-electron chi connectivity index (χ2n) is 4.13. The molecule has 0 bridgehead atoms. The van der Waals surface area contributed by atoms with Gasteiger partial charge < -0.3 is 4.74 Å². The van der Waals surface area contributed by atoms with Crippen molar-refractivity contribution in [3.8, 4) is 12.3 Å². The fourth-order valence-corrected chi connectivity index (χ4v) is 1.65. The highest BCUT2D eigenvalue weighted by Crippen LogP contribution is 2.28. The van der Waals surface area contributed by atoms with Crippen LogP contribution in [0.25, 0.3) is 0 Å². The number of ketones is 1. The number of Topliss-reactive ketones (excluding diaryl/α,β-unsaturated/α-hetero) is 1. The third-order valence-corrected chi connectivity index (χ3v) is 2.72. The van der Waals surface area contributed by atoms with Gasteiger partial charge in [-0.05, 0) is 13.8 Å². The Labute approximate surface area is 107 Å². The highest BCUT2D eigenvalue weighted by atomic mass is 16.5. The summed E-state index contributed by atoms with van der Waals surface area (Å²) in [5, 5.41) is 0. The predicted octanol–water partition coefficient (Wildman–Crippen LogP) is 2.46. The first-order valence-electron chi connectivity index (χ1n) is 5.76. The smallest absolute Gasteiger partial charge is 0.320 e. The molecule has 0 heterocycles. The van der Waals surface area contributed by atoms with Crippen LogP contribution in [0.15, 0.2) is 30.3 Å². The van der Waals surface area contributed by atoms with Gasteiger partial charge in [0.2, 0.25) is 0 Å². The maximum atomic E-state index is 12.4. The van der Waals surface area contributed by atoms with Gasteiger partial charge in [-0.15, -0.1) is 12.3 Å². The van der Waals surface area contributed by atoms with Gasteiger partial charge in [0.05, 0.1) is 6.61 Å². The van der Waals surface area contributed by atoms with Gasteiger partial charge in [-0.1, -0.05) is 30.3 Å². The lowest BCUT2D eigenvalue weighted by atomic mass is 9.79. The van der Waals surface area contributed by atoms with Crippen molar-refractivity contribution in [2.45, 2.75) is 20.3 Å². The van der Waals surface area contributed by atoms with E-state index in [0.29, 0.717) is 5.56 Å². The second kappa shape index (κ2) is 6.02. The molecule has 0 N–H and O–H groups in total. The maximum Gasteiger partial charge on any atom is 0.320 e. The Kier molecular flexibility index (Phi) is 4.67. The molecule has 94 valence electrons. The molecule has 1 atom stereocenters. The van der Waals surface area contributed by atoms with Crippen molar-refractivity contribution in [1.82, 2.24) is 0 Å². The molecule has 0 saturated heterocycles. The van der Waals surface area contributed by atoms with Crippen LogP contribution in [0.4, 0.5) is 0 Å². The molecule has 1 aromatic rings. The Morgan fingerprint density at radius 3 is 2.44 bits per heavy atom. The number of hydrogen-bond donors (Lipinski definition) is 0. The van der Waals surface area contributed by atoms with Crippen molar-refractivity contribution in [1.29, 1.82) is 0 Å². The first kappa shape index (κ1) is 14.0. The Morgan fingerprint density at radius 1 is 1.33 bits per heavy atom. The van der Waals surface area contributed by atoms with Gasteiger partial charge in [-0.2, -0.15) is 0 Å². The Balaban J connectivity index is 3.09. The summed E-state index contributed by atoms with van der Waals surface area (Å²) in [6.45, 7) is 3.45. The van der Waals surface area contributed by atoms with E-state index in [9.17, 15) is 9.59 Å². The zero-order chi connectivity index (χ0) is 13.6. The van der Waals surface area contributed by atoms with Gasteiger partial charge >= 0.3 is 5.97 Å². The number of hydrogen-bond acceptors (Lipinski definition) is 3. The first-order valence-corrected chi connectivity index (χ1v) is 5.76. The zero-order valence-electron chi connectivity index (χ0n) is 10.6. The highest BCUT2D eigenvalue weighted by Gasteiger charge is 2.42. The molecule has 18 heavy (non-hydrogen) atoms. The molecule has 1 unspecified atom stereocenters. The van der Waals surface area contributed by atoms with Crippen LogP contribution in [-0.2, 0) is 9.53 Å². The lowest BCUT2D eigenvalue weighted by molar-refractivity contribution is -0.151. The topological polar surface area (TPSA) is 43.4 Å². The number of terminal acetylenes is 1. The van der Waals surface area contributed by atoms with Gasteiger partial charge in [0, 0.05) is 12.0 Å². The Bertz CT molecular complexity index is 470. The van der Waals surface area contributed by atoms with E-state index in [2.05, 4.69) is 5.92 Å². The summed E-state index contributed by atoms with van der Waals surface area (Å²) in [6, 6.07) is 8.62. The number of ether oxygens (including phenoxy) is 1. The number of carbonyl (C=O) groups is 2. The third kappa shape index (κ3) is 2.78. The average molecular weight is 244 g/mol. The Hall–Kier alpha value is -2.08. The van der Waals surface area contributed by atoms with Crippen molar-refractivity contribution in [3.63, 3.8) is 0 Å². The fraction of sp³-hybridized carbons (Fsp3) is 0.333. The van der Waals surface area contributed by atoms with Crippen LogP contribution in [0.3, 0.4) is 0 Å². The molecule has 0 aromatic heterocycles. The number of esters is 1. The minimum Gasteiger partial charge on any atom is -0.465 e. The zero-order valence-corrected chi connectivity index (χ0v) is 10.6. The third-order valence-electron chi connectivity index (χ3n) is 2.72. The summed E-state index contributed by atoms with van der Waals surface area (Å²) >= 11 is 0. The maximum absolute atomic E-state index is 12.4. The van der Waals surface area contributed by atoms with Crippen LogP contribution in [0.5, 0.6) is 0 Å². The molecule has 0 aliphatic carbocycles. The fourth-order valence-electron chi connectivity index (χ4n) is 1.65. The van der Waals surface area contributed by atoms with Crippen molar-refractivity contribution in [2.75, 3.05) is 6.61 Å². The van der Waals surface area contributed by atoms with Crippen molar-refractivity contribution >= 4 is 11.8 Å². The van der Waals surface area contributed by atoms with Gasteiger partial charge in [-0.3, -0.25) is 9.59 Å². The van der Waals surface area contributed by atoms with Gasteiger partial charge in [0.15, 0.2) is 5.78 Å². The number of rotatable bonds is 5. The molecule has 0 saturated carbocycles. The van der Waals surface area contributed by atoms with E-state index in [1.54, 1.807) is 37.3 Å². The predicted molar refractivity (Wildman–Crippen MR) is 69.0 cm³/mol. The standard InChI is InChI=1S/C15H16O3/c1-4-11-15(3,14(17)18-5-2)13(16)12-9-7-6-8-10-12/h1,6-10H,5,11H2,2-3H3. The minimum absolute atomic E-state index is 0.0273. The summed E-state index contributed by atoms with van der Waals surface area (Å²) in [4.78, 5) is 24.3. The van der Waals surface area contributed by atoms with Crippen molar-refractivity contribution in [2.24, 2.45) is 5.41 Å². The first-order chi connectivity index (χ1) is 8.56. The van der Waals surface area contributed by atoms with E-state index >= 15 is 0 Å². The molecule has 0 aliphatic rings. The van der Waals surface area contributed by atoms with E-state index in [4.69, 9.17) is 11.2 Å². The molecule has 0 radical (unpaired) electrons. The minimum atomic E-state index is -1.31. The van der Waals surface area contributed by atoms with Crippen LogP contribution >= 0.6 is 0 Å². The molecule has 0 fully saturated rings. The van der Waals surface area contributed by atoms with E-state index in [1.807, 2.05) is 0 Å². The molecule has 1 rings (SSSR count). The van der Waals surface area contributed by atoms with Crippen LogP contribution < -0.4 is 0 Å². The molecular weight excluding hydrogens is 228 g/mol. The summed E-state index contributed by atoms with van der Waals surface area (Å²) in [5.74, 6) is 1.50. The molecule has 3 heteroatoms. The number of carbonyl (C=O) groups excluding carboxylic acids is 2. The second-order valence-corrected chi connectivity index (χ2v) is 4.13. The summed E-state index contributed by atoms with van der Waals surface area (Å²) < 4.78 is 4.95. The van der Waals surface area contributed by atoms with E-state index < -0.39 is 11.4 Å². The van der Waals surface area contributed by atoms with Crippen LogP contribution in [0.2, 0.25) is 0 Å². The highest BCUT2D eigenvalue weighted by molar-refractivity contribution is 6.12. The summed E-state index contributed by atoms with van der Waals surface area (Å²) in [7, 11) is 0. The SMILES string of the molecule is C#CCC(C)(C(=O)OCC)C(=O)c1ccccc1. The van der Waals surface area contributed by atoms with Crippen molar-refractivity contribution in [3.05, 3.63) is 35.9 Å². The van der Waals surface area contributed by atoms with Crippen LogP contribution in [0.1, 0.15) is 30.6 Å². The lowest BCUT2D eigenvalue weighted by Gasteiger charge is -2.23. The Morgan fingerprint density at radius 2 is 1.94 bits per heavy atom. The molecule has 0 amide bonds. The monoisotopic (exact) mass is 244 g/mol. The lowest BCUT2D eigenvalue weighted by Crippen LogP contribution is -2.38. The molecule has 0 aliphatic heterocycles. The van der Waals surface area contributed by atoms with E-state index in [-0.39, 0.29) is 18.8 Å². The number of benzene rings is 1. The van der Waals surface area contributed by atoms with Crippen molar-refractivity contribution < 1.29 is 14.3 Å². The van der Waals surface area contributed by atoms with Gasteiger partial charge in [-0.25, -0.2) is 0 Å². The largest absolute Gasteiger partial charge is 0.465 e. The average Bonchev–Trinajstić information content (AvgIpc) is 2.39. The molecular formula is C15H16O3. The van der Waals surface area contributed by atoms with Crippen LogP contribution in [0, 0.1) is 17.8 Å². The summed E-state index contributed by atoms with van der Waals surface area (Å²) in [6.07, 6.45) is 5.28. The van der Waals surface area contributed by atoms with E-state index in [1.165, 1.54) is 6.92 Å². The molecule has 0 spiro atoms. The summed E-state index contributed by atoms with van der Waals surface area (Å²) in [5.41, 5.74) is -0.852. The normalized spacial score (nSPS) is 13.2. The van der Waals surface area contributed by atoms with Crippen LogP contribution in [-0.4, -0.2) is 18.4 Å². The van der Waals surface area contributed by atoms with E-state index in [0.717, 1.165) is 0 Å². The molecule has 1 aromatic carbocycles. The van der Waals surface area contributed by atoms with Gasteiger partial charge in [0.25, 0.3) is 0 Å². The molecule has 3 nitrogen and oxygen atoms in total. The quantitative estimate of drug-likeness (QED) is 0.346.